The third kappa shape index (κ3) is 3.08. The molecule has 2 unspecified atom stereocenters. The van der Waals surface area contributed by atoms with Crippen LogP contribution < -0.4 is 10.1 Å². The van der Waals surface area contributed by atoms with Gasteiger partial charge in [-0.2, -0.15) is 0 Å². The van der Waals surface area contributed by atoms with Gasteiger partial charge >= 0.3 is 0 Å². The molecule has 1 saturated heterocycles. The number of nitrogens with one attached hydrogen (secondary N) is 1. The van der Waals surface area contributed by atoms with Crippen molar-refractivity contribution in [2.75, 3.05) is 13.1 Å². The highest BCUT2D eigenvalue weighted by Gasteiger charge is 2.31. The fourth-order valence-electron chi connectivity index (χ4n) is 2.40. The van der Waals surface area contributed by atoms with Gasteiger partial charge in [-0.1, -0.05) is 23.2 Å². The topological polar surface area (TPSA) is 47.3 Å². The first-order valence-corrected chi connectivity index (χ1v) is 7.21. The average Bonchev–Trinajstić information content (AvgIpc) is 3.08. The summed E-state index contributed by atoms with van der Waals surface area (Å²) < 4.78 is 11.5. The summed E-state index contributed by atoms with van der Waals surface area (Å²) in [4.78, 5) is 4.22. The molecule has 0 amide bonds. The van der Waals surface area contributed by atoms with Gasteiger partial charge in [0.25, 0.3) is 0 Å². The summed E-state index contributed by atoms with van der Waals surface area (Å²) in [7, 11) is 0. The average molecular weight is 313 g/mol. The van der Waals surface area contributed by atoms with E-state index in [1.54, 1.807) is 30.7 Å². The predicted molar refractivity (Wildman–Crippen MR) is 77.3 cm³/mol. The van der Waals surface area contributed by atoms with Gasteiger partial charge in [-0.25, -0.2) is 4.98 Å². The minimum absolute atomic E-state index is 0.241. The fraction of sp³-hybridized carbons (Fsp3) is 0.357. The van der Waals surface area contributed by atoms with E-state index in [1.165, 1.54) is 0 Å². The van der Waals surface area contributed by atoms with Gasteiger partial charge in [-0.05, 0) is 31.2 Å². The number of hydrogen-bond donors (Lipinski definition) is 1. The number of halogens is 2. The molecule has 0 bridgehead atoms. The minimum atomic E-state index is -0.241. The predicted octanol–water partition coefficient (Wildman–Crippen LogP) is 3.71. The van der Waals surface area contributed by atoms with Crippen molar-refractivity contribution in [1.82, 2.24) is 10.3 Å². The van der Waals surface area contributed by atoms with Gasteiger partial charge in [0, 0.05) is 22.5 Å². The molecule has 1 aliphatic rings. The maximum absolute atomic E-state index is 6.04. The van der Waals surface area contributed by atoms with Crippen LogP contribution in [0.1, 0.15) is 18.4 Å². The number of rotatable bonds is 4. The van der Waals surface area contributed by atoms with Crippen molar-refractivity contribution in [1.29, 1.82) is 0 Å². The molecule has 2 aromatic rings. The van der Waals surface area contributed by atoms with Crippen molar-refractivity contribution in [2.45, 2.75) is 12.5 Å². The van der Waals surface area contributed by atoms with Crippen LogP contribution in [0.5, 0.6) is 5.75 Å². The molecule has 1 aliphatic heterocycles. The summed E-state index contributed by atoms with van der Waals surface area (Å²) in [5.41, 5.74) is 0. The molecule has 1 aromatic carbocycles. The van der Waals surface area contributed by atoms with Gasteiger partial charge < -0.3 is 14.5 Å². The Hall–Kier alpha value is -1.23. The van der Waals surface area contributed by atoms with Crippen molar-refractivity contribution in [2.24, 2.45) is 5.92 Å². The highest BCUT2D eigenvalue weighted by Crippen LogP contribution is 2.33. The zero-order valence-corrected chi connectivity index (χ0v) is 12.2. The van der Waals surface area contributed by atoms with Gasteiger partial charge in [0.05, 0.1) is 6.20 Å². The highest BCUT2D eigenvalue weighted by atomic mass is 35.5. The van der Waals surface area contributed by atoms with Crippen molar-refractivity contribution in [3.05, 3.63) is 46.6 Å². The molecule has 2 heterocycles. The Morgan fingerprint density at radius 2 is 2.10 bits per heavy atom. The van der Waals surface area contributed by atoms with Gasteiger partial charge in [0.15, 0.2) is 6.10 Å². The largest absolute Gasteiger partial charge is 0.480 e. The summed E-state index contributed by atoms with van der Waals surface area (Å²) in [5.74, 6) is 1.51. The number of aromatic nitrogens is 1. The van der Waals surface area contributed by atoms with E-state index in [9.17, 15) is 0 Å². The van der Waals surface area contributed by atoms with E-state index in [0.717, 1.165) is 19.5 Å². The Morgan fingerprint density at radius 3 is 2.70 bits per heavy atom. The highest BCUT2D eigenvalue weighted by molar-refractivity contribution is 6.34. The molecule has 0 aliphatic carbocycles. The molecule has 1 aromatic heterocycles. The van der Waals surface area contributed by atoms with E-state index in [-0.39, 0.29) is 6.10 Å². The molecule has 0 spiro atoms. The molecule has 0 saturated carbocycles. The third-order valence-corrected chi connectivity index (χ3v) is 3.76. The van der Waals surface area contributed by atoms with E-state index in [2.05, 4.69) is 10.3 Å². The van der Waals surface area contributed by atoms with Gasteiger partial charge in [-0.15, -0.1) is 0 Å². The van der Waals surface area contributed by atoms with Crippen molar-refractivity contribution >= 4 is 23.2 Å². The van der Waals surface area contributed by atoms with Crippen LogP contribution in [0.3, 0.4) is 0 Å². The van der Waals surface area contributed by atoms with Crippen LogP contribution >= 0.6 is 23.2 Å². The van der Waals surface area contributed by atoms with Gasteiger partial charge in [0.1, 0.15) is 12.0 Å². The monoisotopic (exact) mass is 312 g/mol. The Balaban J connectivity index is 1.85. The number of hydrogen-bond acceptors (Lipinski definition) is 4. The van der Waals surface area contributed by atoms with Crippen LogP contribution in [-0.4, -0.2) is 18.1 Å². The molecule has 3 rings (SSSR count). The smallest absolute Gasteiger partial charge is 0.235 e. The summed E-state index contributed by atoms with van der Waals surface area (Å²) in [6.07, 6.45) is 3.95. The van der Waals surface area contributed by atoms with E-state index >= 15 is 0 Å². The maximum Gasteiger partial charge on any atom is 0.235 e. The van der Waals surface area contributed by atoms with Crippen LogP contribution in [0.25, 0.3) is 0 Å². The second-order valence-electron chi connectivity index (χ2n) is 4.77. The Kier molecular flexibility index (Phi) is 4.15. The molecule has 20 heavy (non-hydrogen) atoms. The Morgan fingerprint density at radius 1 is 1.30 bits per heavy atom. The minimum Gasteiger partial charge on any atom is -0.480 e. The fourth-order valence-corrected chi connectivity index (χ4v) is 2.91. The quantitative estimate of drug-likeness (QED) is 0.935. The Labute approximate surface area is 127 Å². The standard InChI is InChI=1S/C14H14Cl2N2O2/c15-10-5-11(16)7-12(6-10)20-13(9-1-2-17-8-9)14-18-3-4-19-14/h3-7,9,13,17H,1-2,8H2. The molecule has 4 nitrogen and oxygen atoms in total. The van der Waals surface area contributed by atoms with Gasteiger partial charge in [0.2, 0.25) is 5.89 Å². The molecular formula is C14H14Cl2N2O2. The van der Waals surface area contributed by atoms with Crippen molar-refractivity contribution < 1.29 is 9.15 Å². The lowest BCUT2D eigenvalue weighted by Gasteiger charge is -2.21. The van der Waals surface area contributed by atoms with Crippen molar-refractivity contribution in [3.8, 4) is 5.75 Å². The van der Waals surface area contributed by atoms with Crippen molar-refractivity contribution in [3.63, 3.8) is 0 Å². The number of ether oxygens (including phenoxy) is 1. The zero-order chi connectivity index (χ0) is 13.9. The van der Waals surface area contributed by atoms with Crippen LogP contribution in [-0.2, 0) is 0 Å². The first-order valence-electron chi connectivity index (χ1n) is 6.45. The van der Waals surface area contributed by atoms with E-state index in [4.69, 9.17) is 32.4 Å². The van der Waals surface area contributed by atoms with Crippen LogP contribution in [0.15, 0.2) is 35.1 Å². The summed E-state index contributed by atoms with van der Waals surface area (Å²) in [5, 5.41) is 4.41. The van der Waals surface area contributed by atoms with Gasteiger partial charge in [-0.3, -0.25) is 0 Å². The first kappa shape index (κ1) is 13.7. The lowest BCUT2D eigenvalue weighted by molar-refractivity contribution is 0.114. The molecule has 106 valence electrons. The number of nitrogens with zero attached hydrogens (tertiary/aromatic N) is 1. The molecule has 1 N–H and O–H groups in total. The van der Waals surface area contributed by atoms with E-state index in [1.807, 2.05) is 0 Å². The summed E-state index contributed by atoms with van der Waals surface area (Å²) in [6.45, 7) is 1.85. The van der Waals surface area contributed by atoms with Crippen LogP contribution in [0.4, 0.5) is 0 Å². The lowest BCUT2D eigenvalue weighted by atomic mass is 10.0. The van der Waals surface area contributed by atoms with Crippen LogP contribution in [0.2, 0.25) is 10.0 Å². The number of benzene rings is 1. The van der Waals surface area contributed by atoms with Crippen LogP contribution in [0, 0.1) is 5.92 Å². The molecule has 2 atom stereocenters. The number of oxazole rings is 1. The second-order valence-corrected chi connectivity index (χ2v) is 5.64. The SMILES string of the molecule is Clc1cc(Cl)cc(OC(c2ncco2)C2CCNC2)c1. The Bertz CT molecular complexity index is 548. The summed E-state index contributed by atoms with van der Waals surface area (Å²) >= 11 is 12.0. The summed E-state index contributed by atoms with van der Waals surface area (Å²) in [6, 6.07) is 5.16. The van der Waals surface area contributed by atoms with E-state index < -0.39 is 0 Å². The normalized spacial score (nSPS) is 20.0. The third-order valence-electron chi connectivity index (χ3n) is 3.32. The molecule has 1 fully saturated rings. The van der Waals surface area contributed by atoms with E-state index in [0.29, 0.717) is 27.6 Å². The first-order chi connectivity index (χ1) is 9.72. The molecule has 0 radical (unpaired) electrons. The zero-order valence-electron chi connectivity index (χ0n) is 10.7. The maximum atomic E-state index is 6.04. The molecule has 6 heteroatoms. The second kappa shape index (κ2) is 6.04. The lowest BCUT2D eigenvalue weighted by Crippen LogP contribution is -2.21. The molecular weight excluding hydrogens is 299 g/mol.